The number of ether oxygens (including phenoxy) is 1. The molecule has 1 saturated carbocycles. The average Bonchev–Trinajstić information content (AvgIpc) is 3.38. The largest absolute Gasteiger partial charge is 0.443 e. The quantitative estimate of drug-likeness (QED) is 0.530. The number of alkyl halides is 1. The summed E-state index contributed by atoms with van der Waals surface area (Å²) in [7, 11) is 0. The summed E-state index contributed by atoms with van der Waals surface area (Å²) in [4.78, 5) is 16.1. The molecule has 0 saturated heterocycles. The molecule has 0 spiro atoms. The van der Waals surface area contributed by atoms with Crippen molar-refractivity contribution < 1.29 is 13.9 Å². The second-order valence-electron chi connectivity index (χ2n) is 7.26. The highest BCUT2D eigenvalue weighted by atomic mass is 79.9. The number of hydrogen-bond donors (Lipinski definition) is 3. The molecule has 1 amide bonds. The van der Waals surface area contributed by atoms with Crippen LogP contribution in [-0.2, 0) is 4.74 Å². The molecular formula is C18H21BrFN7O2. The van der Waals surface area contributed by atoms with Crippen molar-refractivity contribution in [3.63, 3.8) is 0 Å². The fourth-order valence-electron chi connectivity index (χ4n) is 3.48. The van der Waals surface area contributed by atoms with E-state index in [1.807, 2.05) is 19.9 Å². The van der Waals surface area contributed by atoms with Gasteiger partial charge in [0.25, 0.3) is 0 Å². The number of rotatable bonds is 5. The van der Waals surface area contributed by atoms with Crippen molar-refractivity contribution in [1.29, 1.82) is 0 Å². The van der Waals surface area contributed by atoms with Crippen LogP contribution in [0.25, 0.3) is 5.52 Å². The molecule has 3 heterocycles. The van der Waals surface area contributed by atoms with E-state index in [9.17, 15) is 9.18 Å². The molecule has 1 aliphatic carbocycles. The van der Waals surface area contributed by atoms with E-state index >= 15 is 0 Å². The Morgan fingerprint density at radius 1 is 1.45 bits per heavy atom. The van der Waals surface area contributed by atoms with Gasteiger partial charge < -0.3 is 15.4 Å². The molecule has 1 aliphatic rings. The third-order valence-electron chi connectivity index (χ3n) is 4.80. The van der Waals surface area contributed by atoms with Gasteiger partial charge in [-0.15, -0.1) is 0 Å². The van der Waals surface area contributed by atoms with E-state index in [4.69, 9.17) is 4.74 Å². The summed E-state index contributed by atoms with van der Waals surface area (Å²) in [6, 6.07) is 3.52. The lowest BCUT2D eigenvalue weighted by molar-refractivity contribution is 0.0555. The van der Waals surface area contributed by atoms with Crippen LogP contribution in [0.4, 0.5) is 20.8 Å². The molecule has 3 atom stereocenters. The normalized spacial score (nSPS) is 21.6. The molecule has 3 N–H and O–H groups in total. The first-order valence-corrected chi connectivity index (χ1v) is 10.1. The van der Waals surface area contributed by atoms with Gasteiger partial charge in [0, 0.05) is 23.7 Å². The van der Waals surface area contributed by atoms with Gasteiger partial charge in [-0.25, -0.2) is 18.7 Å². The number of aromatic amines is 1. The van der Waals surface area contributed by atoms with Crippen molar-refractivity contribution in [2.75, 3.05) is 5.32 Å². The lowest BCUT2D eigenvalue weighted by atomic mass is 10.0. The molecule has 1 fully saturated rings. The molecule has 9 nitrogen and oxygen atoms in total. The number of aromatic nitrogens is 5. The summed E-state index contributed by atoms with van der Waals surface area (Å²) in [5.41, 5.74) is 1.43. The maximum atomic E-state index is 14.9. The van der Waals surface area contributed by atoms with E-state index in [0.717, 1.165) is 10.1 Å². The van der Waals surface area contributed by atoms with Gasteiger partial charge >= 0.3 is 6.09 Å². The van der Waals surface area contributed by atoms with Gasteiger partial charge in [-0.3, -0.25) is 5.10 Å². The number of anilines is 2. The van der Waals surface area contributed by atoms with Crippen LogP contribution in [0.5, 0.6) is 0 Å². The predicted octanol–water partition coefficient (Wildman–Crippen LogP) is 3.68. The second kappa shape index (κ2) is 7.97. The molecule has 0 aliphatic heterocycles. The van der Waals surface area contributed by atoms with Crippen LogP contribution in [0.2, 0.25) is 0 Å². The number of nitrogens with zero attached hydrogens (tertiary/aromatic N) is 4. The van der Waals surface area contributed by atoms with Gasteiger partial charge in [0.05, 0.1) is 12.4 Å². The van der Waals surface area contributed by atoms with Crippen molar-refractivity contribution in [2.24, 2.45) is 0 Å². The molecule has 0 aromatic carbocycles. The third kappa shape index (κ3) is 4.04. The Hall–Kier alpha value is -2.69. The summed E-state index contributed by atoms with van der Waals surface area (Å²) < 4.78 is 22.5. The van der Waals surface area contributed by atoms with E-state index in [2.05, 4.69) is 46.8 Å². The SMILES string of the molecule is CC(C)NC(=O)O[C@@H]1CC[C@H](c2cc(Nc3ncc(Br)n4nccc34)n[nH]2)[C@H]1F. The van der Waals surface area contributed by atoms with Gasteiger partial charge in [-0.2, -0.15) is 10.2 Å². The number of H-pyrrole nitrogens is 1. The minimum Gasteiger partial charge on any atom is -0.443 e. The number of halogens is 2. The van der Waals surface area contributed by atoms with Crippen molar-refractivity contribution >= 4 is 39.2 Å². The lowest BCUT2D eigenvalue weighted by Gasteiger charge is -2.18. The summed E-state index contributed by atoms with van der Waals surface area (Å²) in [6.45, 7) is 3.64. The molecule has 29 heavy (non-hydrogen) atoms. The van der Waals surface area contributed by atoms with E-state index in [-0.39, 0.29) is 6.04 Å². The summed E-state index contributed by atoms with van der Waals surface area (Å²) >= 11 is 3.39. The first-order valence-electron chi connectivity index (χ1n) is 9.34. The molecule has 154 valence electrons. The molecule has 3 aromatic rings. The third-order valence-corrected chi connectivity index (χ3v) is 5.34. The highest BCUT2D eigenvalue weighted by Gasteiger charge is 2.40. The summed E-state index contributed by atoms with van der Waals surface area (Å²) in [5.74, 6) is 0.688. The van der Waals surface area contributed by atoms with Crippen LogP contribution in [0, 0.1) is 0 Å². The highest BCUT2D eigenvalue weighted by molar-refractivity contribution is 9.10. The van der Waals surface area contributed by atoms with Gasteiger partial charge in [0.2, 0.25) is 0 Å². The van der Waals surface area contributed by atoms with Gasteiger partial charge in [0.1, 0.15) is 22.4 Å². The smallest absolute Gasteiger partial charge is 0.407 e. The van der Waals surface area contributed by atoms with Crippen LogP contribution in [0.3, 0.4) is 0 Å². The second-order valence-corrected chi connectivity index (χ2v) is 8.07. The zero-order chi connectivity index (χ0) is 20.5. The maximum absolute atomic E-state index is 14.9. The summed E-state index contributed by atoms with van der Waals surface area (Å²) in [6.07, 6.45) is 1.67. The number of nitrogens with one attached hydrogen (secondary N) is 3. The average molecular weight is 466 g/mol. The zero-order valence-electron chi connectivity index (χ0n) is 15.9. The van der Waals surface area contributed by atoms with Crippen molar-refractivity contribution in [3.05, 3.63) is 34.8 Å². The minimum atomic E-state index is -1.30. The predicted molar refractivity (Wildman–Crippen MR) is 108 cm³/mol. The number of alkyl carbamates (subject to hydrolysis) is 1. The van der Waals surface area contributed by atoms with Crippen molar-refractivity contribution in [3.8, 4) is 0 Å². The monoisotopic (exact) mass is 465 g/mol. The molecule has 11 heteroatoms. The number of fused-ring (bicyclic) bond motifs is 1. The Balaban J connectivity index is 1.44. The Morgan fingerprint density at radius 3 is 3.07 bits per heavy atom. The molecular weight excluding hydrogens is 445 g/mol. The Morgan fingerprint density at radius 2 is 2.28 bits per heavy atom. The standard InChI is InChI=1S/C18H21BrFN7O2/c1-9(2)23-18(28)29-13-4-3-10(16(13)20)11-7-15(26-25-11)24-17-12-5-6-22-27(12)14(19)8-21-17/h5-10,13,16H,3-4H2,1-2H3,(H,23,28)(H2,21,24,25,26)/t10-,13-,16-/m1/s1. The number of carbonyl (C=O) groups excluding carboxylic acids is 1. The molecule has 0 unspecified atom stereocenters. The number of carbonyl (C=O) groups is 1. The minimum absolute atomic E-state index is 0.0616. The van der Waals surface area contributed by atoms with Crippen LogP contribution in [-0.4, -0.2) is 49.2 Å². The van der Waals surface area contributed by atoms with Crippen LogP contribution < -0.4 is 10.6 Å². The molecule has 4 rings (SSSR count). The van der Waals surface area contributed by atoms with E-state index in [0.29, 0.717) is 30.2 Å². The van der Waals surface area contributed by atoms with Gasteiger partial charge in [-0.05, 0) is 48.7 Å². The Bertz CT molecular complexity index is 1020. The Labute approximate surface area is 174 Å². The van der Waals surface area contributed by atoms with Gasteiger partial charge in [-0.1, -0.05) is 0 Å². The fourth-order valence-corrected chi connectivity index (χ4v) is 3.86. The van der Waals surface area contributed by atoms with E-state index in [1.54, 1.807) is 23.0 Å². The van der Waals surface area contributed by atoms with E-state index < -0.39 is 24.3 Å². The first kappa shape index (κ1) is 19.6. The summed E-state index contributed by atoms with van der Waals surface area (Å²) in [5, 5.41) is 17.1. The fraction of sp³-hybridized carbons (Fsp3) is 0.444. The number of amides is 1. The molecule has 3 aromatic heterocycles. The zero-order valence-corrected chi connectivity index (χ0v) is 17.5. The first-order chi connectivity index (χ1) is 13.9. The molecule has 0 radical (unpaired) electrons. The van der Waals surface area contributed by atoms with E-state index in [1.165, 1.54) is 0 Å². The Kier molecular flexibility index (Phi) is 5.39. The topological polar surface area (TPSA) is 109 Å². The number of hydrogen-bond acceptors (Lipinski definition) is 6. The van der Waals surface area contributed by atoms with Crippen molar-refractivity contribution in [1.82, 2.24) is 30.1 Å². The van der Waals surface area contributed by atoms with Gasteiger partial charge in [0.15, 0.2) is 11.6 Å². The van der Waals surface area contributed by atoms with Crippen molar-refractivity contribution in [2.45, 2.75) is 50.9 Å². The van der Waals surface area contributed by atoms with Crippen LogP contribution in [0.15, 0.2) is 29.1 Å². The molecule has 0 bridgehead atoms. The lowest BCUT2D eigenvalue weighted by Crippen LogP contribution is -2.36. The van der Waals surface area contributed by atoms with Crippen LogP contribution in [0.1, 0.15) is 38.3 Å². The maximum Gasteiger partial charge on any atom is 0.407 e. The highest BCUT2D eigenvalue weighted by Crippen LogP contribution is 2.38. The van der Waals surface area contributed by atoms with Crippen LogP contribution >= 0.6 is 15.9 Å².